The zero-order valence-corrected chi connectivity index (χ0v) is 18.2. The van der Waals surface area contributed by atoms with E-state index in [-0.39, 0.29) is 16.9 Å². The number of aryl methyl sites for hydroxylation is 1. The molecular weight excluding hydrogens is 366 g/mol. The van der Waals surface area contributed by atoms with Crippen LogP contribution in [0.5, 0.6) is 0 Å². The van der Waals surface area contributed by atoms with Crippen molar-refractivity contribution in [2.45, 2.75) is 45.1 Å². The first-order chi connectivity index (χ1) is 14.3. The van der Waals surface area contributed by atoms with Gasteiger partial charge in [-0.25, -0.2) is 0 Å². The second-order valence-electron chi connectivity index (χ2n) is 9.13. The topological polar surface area (TPSA) is 20.3 Å². The lowest BCUT2D eigenvalue weighted by atomic mass is 9.65. The number of benzene rings is 3. The van der Waals surface area contributed by atoms with Crippen LogP contribution in [-0.2, 0) is 10.2 Å². The summed E-state index contributed by atoms with van der Waals surface area (Å²) >= 11 is 0. The van der Waals surface area contributed by atoms with Crippen molar-refractivity contribution < 1.29 is 4.79 Å². The second-order valence-corrected chi connectivity index (χ2v) is 9.13. The molecule has 2 heteroatoms. The summed E-state index contributed by atoms with van der Waals surface area (Å²) in [6.45, 7) is 8.74. The number of hydrogen-bond donors (Lipinski definition) is 0. The van der Waals surface area contributed by atoms with Crippen LogP contribution in [0.2, 0.25) is 0 Å². The fraction of sp³-hybridized carbons (Fsp3) is 0.250. The molecule has 1 atom stereocenters. The molecule has 4 rings (SSSR count). The van der Waals surface area contributed by atoms with Crippen molar-refractivity contribution >= 4 is 17.7 Å². The number of fused-ring (bicyclic) bond motifs is 1. The van der Waals surface area contributed by atoms with Gasteiger partial charge in [0.25, 0.3) is 5.91 Å². The van der Waals surface area contributed by atoms with Gasteiger partial charge < -0.3 is 4.90 Å². The quantitative estimate of drug-likeness (QED) is 0.462. The summed E-state index contributed by atoms with van der Waals surface area (Å²) in [6.07, 6.45) is 4.46. The standard InChI is InChI=1S/C28H29NO/c1-21-15-17-24-25(19-21)29(26(30)18-16-22-11-7-5-8-12-22)27(2,3)20-28(24,4)23-13-9-6-10-14-23/h5-19H,20H2,1-4H3/b18-16+/t28-/m0/s1. The van der Waals surface area contributed by atoms with Gasteiger partial charge in [-0.2, -0.15) is 0 Å². The lowest BCUT2D eigenvalue weighted by Crippen LogP contribution is -2.55. The SMILES string of the molecule is Cc1ccc2c(c1)N(C(=O)/C=C/c1ccccc1)C(C)(C)C[C@@]2(C)c1ccccc1. The minimum atomic E-state index is -0.330. The average Bonchev–Trinajstić information content (AvgIpc) is 2.72. The monoisotopic (exact) mass is 395 g/mol. The lowest BCUT2D eigenvalue weighted by molar-refractivity contribution is -0.115. The van der Waals surface area contributed by atoms with Crippen LogP contribution in [0.1, 0.15) is 49.4 Å². The van der Waals surface area contributed by atoms with E-state index < -0.39 is 0 Å². The predicted octanol–water partition coefficient (Wildman–Crippen LogP) is 6.53. The van der Waals surface area contributed by atoms with E-state index in [0.29, 0.717) is 0 Å². The maximum Gasteiger partial charge on any atom is 0.251 e. The van der Waals surface area contributed by atoms with Gasteiger partial charge in [-0.15, -0.1) is 0 Å². The molecule has 0 saturated heterocycles. The summed E-state index contributed by atoms with van der Waals surface area (Å²) in [6, 6.07) is 27.1. The van der Waals surface area contributed by atoms with Crippen molar-refractivity contribution in [3.63, 3.8) is 0 Å². The van der Waals surface area contributed by atoms with Gasteiger partial charge >= 0.3 is 0 Å². The number of anilines is 1. The van der Waals surface area contributed by atoms with Gasteiger partial charge in [0.05, 0.1) is 0 Å². The van der Waals surface area contributed by atoms with Crippen LogP contribution in [0.4, 0.5) is 5.69 Å². The molecule has 0 radical (unpaired) electrons. The Bertz CT molecular complexity index is 1080. The van der Waals surface area contributed by atoms with Gasteiger partial charge in [0.1, 0.15) is 0 Å². The van der Waals surface area contributed by atoms with Gasteiger partial charge in [0, 0.05) is 22.7 Å². The third kappa shape index (κ3) is 3.59. The van der Waals surface area contributed by atoms with Gasteiger partial charge in [-0.1, -0.05) is 79.7 Å². The van der Waals surface area contributed by atoms with Crippen LogP contribution >= 0.6 is 0 Å². The average molecular weight is 396 g/mol. The molecule has 0 bridgehead atoms. The largest absolute Gasteiger partial charge is 0.303 e. The maximum atomic E-state index is 13.4. The number of carbonyl (C=O) groups excluding carboxylic acids is 1. The molecule has 1 aliphatic rings. The minimum Gasteiger partial charge on any atom is -0.303 e. The summed E-state index contributed by atoms with van der Waals surface area (Å²) in [4.78, 5) is 15.4. The van der Waals surface area contributed by atoms with E-state index >= 15 is 0 Å². The normalized spacial score (nSPS) is 20.2. The van der Waals surface area contributed by atoms with Crippen molar-refractivity contribution in [3.05, 3.63) is 107 Å². The highest BCUT2D eigenvalue weighted by Gasteiger charge is 2.47. The van der Waals surface area contributed by atoms with Crippen molar-refractivity contribution in [2.75, 3.05) is 4.90 Å². The molecular formula is C28H29NO. The first-order valence-electron chi connectivity index (χ1n) is 10.6. The van der Waals surface area contributed by atoms with E-state index in [1.54, 1.807) is 6.08 Å². The summed E-state index contributed by atoms with van der Waals surface area (Å²) in [5, 5.41) is 0. The zero-order valence-electron chi connectivity index (χ0n) is 18.2. The molecule has 1 amide bonds. The molecule has 3 aromatic rings. The molecule has 0 aromatic heterocycles. The van der Waals surface area contributed by atoms with E-state index in [9.17, 15) is 4.79 Å². The molecule has 2 nitrogen and oxygen atoms in total. The van der Waals surface area contributed by atoms with Gasteiger partial charge in [-0.3, -0.25) is 4.79 Å². The summed E-state index contributed by atoms with van der Waals surface area (Å²) in [7, 11) is 0. The van der Waals surface area contributed by atoms with Crippen molar-refractivity contribution in [1.82, 2.24) is 0 Å². The van der Waals surface area contributed by atoms with Crippen molar-refractivity contribution in [2.24, 2.45) is 0 Å². The highest BCUT2D eigenvalue weighted by molar-refractivity contribution is 6.06. The second kappa shape index (κ2) is 7.60. The Balaban J connectivity index is 1.82. The molecule has 1 heterocycles. The first kappa shape index (κ1) is 20.2. The van der Waals surface area contributed by atoms with Crippen molar-refractivity contribution in [3.8, 4) is 0 Å². The van der Waals surface area contributed by atoms with Crippen LogP contribution in [0.3, 0.4) is 0 Å². The smallest absolute Gasteiger partial charge is 0.251 e. The third-order valence-corrected chi connectivity index (χ3v) is 6.23. The highest BCUT2D eigenvalue weighted by Crippen LogP contribution is 2.50. The number of amides is 1. The molecule has 152 valence electrons. The Morgan fingerprint density at radius 1 is 0.900 bits per heavy atom. The molecule has 0 spiro atoms. The fourth-order valence-corrected chi connectivity index (χ4v) is 4.95. The maximum absolute atomic E-state index is 13.4. The summed E-state index contributed by atoms with van der Waals surface area (Å²) in [5.41, 5.74) is 5.21. The molecule has 3 aromatic carbocycles. The van der Waals surface area contributed by atoms with Crippen molar-refractivity contribution in [1.29, 1.82) is 0 Å². The Morgan fingerprint density at radius 3 is 2.20 bits per heavy atom. The van der Waals surface area contributed by atoms with Crippen LogP contribution in [0.15, 0.2) is 84.9 Å². The van der Waals surface area contributed by atoms with E-state index in [2.05, 4.69) is 76.2 Å². The van der Waals surface area contributed by atoms with Gasteiger partial charge in [0.15, 0.2) is 0 Å². The number of carbonyl (C=O) groups is 1. The third-order valence-electron chi connectivity index (χ3n) is 6.23. The molecule has 1 aliphatic heterocycles. The van der Waals surface area contributed by atoms with Crippen LogP contribution < -0.4 is 4.90 Å². The van der Waals surface area contributed by atoms with Crippen LogP contribution in [0.25, 0.3) is 6.08 Å². The zero-order chi connectivity index (χ0) is 21.4. The molecule has 0 N–H and O–H groups in total. The van der Waals surface area contributed by atoms with E-state index in [1.807, 2.05) is 41.3 Å². The van der Waals surface area contributed by atoms with E-state index in [4.69, 9.17) is 0 Å². The van der Waals surface area contributed by atoms with Crippen LogP contribution in [-0.4, -0.2) is 11.4 Å². The number of rotatable bonds is 3. The Labute approximate surface area is 179 Å². The molecule has 0 saturated carbocycles. The predicted molar refractivity (Wildman–Crippen MR) is 126 cm³/mol. The lowest BCUT2D eigenvalue weighted by Gasteiger charge is -2.51. The van der Waals surface area contributed by atoms with E-state index in [1.165, 1.54) is 11.1 Å². The number of nitrogens with zero attached hydrogens (tertiary/aromatic N) is 1. The molecule has 30 heavy (non-hydrogen) atoms. The first-order valence-corrected chi connectivity index (χ1v) is 10.6. The highest BCUT2D eigenvalue weighted by atomic mass is 16.2. The van der Waals surface area contributed by atoms with Gasteiger partial charge in [-0.05, 0) is 61.6 Å². The number of hydrogen-bond acceptors (Lipinski definition) is 1. The molecule has 0 aliphatic carbocycles. The summed E-state index contributed by atoms with van der Waals surface area (Å²) in [5.74, 6) is 0.0193. The Hall–Kier alpha value is -3.13. The molecule has 0 fully saturated rings. The fourth-order valence-electron chi connectivity index (χ4n) is 4.95. The molecule has 0 unspecified atom stereocenters. The minimum absolute atomic E-state index is 0.0193. The van der Waals surface area contributed by atoms with E-state index in [0.717, 1.165) is 23.2 Å². The Morgan fingerprint density at radius 2 is 1.53 bits per heavy atom. The Kier molecular flexibility index (Phi) is 5.11. The van der Waals surface area contributed by atoms with Gasteiger partial charge in [0.2, 0.25) is 0 Å². The van der Waals surface area contributed by atoms with Crippen LogP contribution in [0, 0.1) is 6.92 Å². The summed E-state index contributed by atoms with van der Waals surface area (Å²) < 4.78 is 0.